The van der Waals surface area contributed by atoms with E-state index in [4.69, 9.17) is 0 Å². The monoisotopic (exact) mass is 437 g/mol. The van der Waals surface area contributed by atoms with E-state index in [0.717, 1.165) is 29.1 Å². The maximum Gasteiger partial charge on any atom is 0.280 e. The Morgan fingerprint density at radius 2 is 1.87 bits per heavy atom. The maximum absolute atomic E-state index is 13.7. The molecule has 31 heavy (non-hydrogen) atoms. The van der Waals surface area contributed by atoms with Gasteiger partial charge in [-0.25, -0.2) is 0 Å². The molecule has 1 aromatic carbocycles. The van der Waals surface area contributed by atoms with Crippen LogP contribution >= 0.6 is 11.5 Å². The average Bonchev–Trinajstić information content (AvgIpc) is 3.28. The number of pyridine rings is 1. The predicted octanol–water partition coefficient (Wildman–Crippen LogP) is 4.24. The molecule has 1 atom stereocenters. The number of benzene rings is 1. The Morgan fingerprint density at radius 3 is 2.48 bits per heavy atom. The van der Waals surface area contributed by atoms with Crippen molar-refractivity contribution in [1.29, 1.82) is 0 Å². The van der Waals surface area contributed by atoms with E-state index in [1.807, 2.05) is 52.8 Å². The van der Waals surface area contributed by atoms with Crippen LogP contribution in [0.3, 0.4) is 0 Å². The van der Waals surface area contributed by atoms with Gasteiger partial charge in [-0.3, -0.25) is 19.5 Å². The smallest absolute Gasteiger partial charge is 0.280 e. The Bertz CT molecular complexity index is 1050. The number of nitrogens with zero attached hydrogens (tertiary/aromatic N) is 4. The number of aryl methyl sites for hydroxylation is 2. The Hall–Kier alpha value is -3.13. The highest BCUT2D eigenvalue weighted by Crippen LogP contribution is 2.33. The molecule has 3 aromatic rings. The molecule has 0 aliphatic carbocycles. The van der Waals surface area contributed by atoms with Gasteiger partial charge in [0.1, 0.15) is 6.04 Å². The molecule has 0 saturated carbocycles. The first-order valence-electron chi connectivity index (χ1n) is 10.1. The van der Waals surface area contributed by atoms with E-state index in [9.17, 15) is 9.59 Å². The maximum atomic E-state index is 13.7. The van der Waals surface area contributed by atoms with Crippen molar-refractivity contribution in [2.24, 2.45) is 0 Å². The van der Waals surface area contributed by atoms with Crippen LogP contribution in [-0.4, -0.2) is 31.9 Å². The van der Waals surface area contributed by atoms with Crippen LogP contribution in [-0.2, 0) is 4.79 Å². The number of amides is 2. The number of anilines is 1. The first kappa shape index (κ1) is 22.6. The molecule has 1 unspecified atom stereocenters. The van der Waals surface area contributed by atoms with Crippen LogP contribution in [0.5, 0.6) is 0 Å². The zero-order chi connectivity index (χ0) is 22.6. The lowest BCUT2D eigenvalue weighted by Crippen LogP contribution is -2.50. The van der Waals surface area contributed by atoms with Crippen LogP contribution in [0, 0.1) is 13.8 Å². The third kappa shape index (κ3) is 5.14. The summed E-state index contributed by atoms with van der Waals surface area (Å²) in [6.45, 7) is 9.81. The third-order valence-corrected chi connectivity index (χ3v) is 5.80. The van der Waals surface area contributed by atoms with E-state index in [0.29, 0.717) is 11.3 Å². The fourth-order valence-electron chi connectivity index (χ4n) is 3.18. The van der Waals surface area contributed by atoms with Crippen LogP contribution in [0.25, 0.3) is 0 Å². The molecule has 1 N–H and O–H groups in total. The lowest BCUT2D eigenvalue weighted by atomic mass is 9.98. The number of hydrogen-bond donors (Lipinski definition) is 1. The van der Waals surface area contributed by atoms with Crippen molar-refractivity contribution >= 4 is 29.0 Å². The standard InChI is InChI=1S/C23H27N5O2S/c1-6-23(4,5)25-21(29)20(17-9-11-24-12-10-17)28(22(30)18-14-31-27-26-18)19-13-15(2)7-8-16(19)3/h7-14,20H,6H2,1-5H3,(H,25,29). The number of hydrogen-bond acceptors (Lipinski definition) is 6. The summed E-state index contributed by atoms with van der Waals surface area (Å²) in [4.78, 5) is 32.9. The van der Waals surface area contributed by atoms with E-state index in [1.54, 1.807) is 29.9 Å². The first-order valence-corrected chi connectivity index (χ1v) is 11.0. The van der Waals surface area contributed by atoms with Gasteiger partial charge in [0, 0.05) is 29.0 Å². The molecule has 7 nitrogen and oxygen atoms in total. The molecule has 0 saturated heterocycles. The van der Waals surface area contributed by atoms with Crippen LogP contribution in [0.4, 0.5) is 5.69 Å². The average molecular weight is 438 g/mol. The lowest BCUT2D eigenvalue weighted by Gasteiger charge is -2.35. The number of aromatic nitrogens is 3. The summed E-state index contributed by atoms with van der Waals surface area (Å²) >= 11 is 1.10. The molecule has 2 heterocycles. The zero-order valence-corrected chi connectivity index (χ0v) is 19.2. The summed E-state index contributed by atoms with van der Waals surface area (Å²) in [5, 5.41) is 8.67. The van der Waals surface area contributed by atoms with E-state index >= 15 is 0 Å². The number of rotatable bonds is 7. The second-order valence-corrected chi connectivity index (χ2v) is 8.77. The molecule has 2 amide bonds. The normalized spacial score (nSPS) is 12.3. The Kier molecular flexibility index (Phi) is 6.80. The topological polar surface area (TPSA) is 88.1 Å². The SMILES string of the molecule is CCC(C)(C)NC(=O)C(c1ccncc1)N(C(=O)c1csnn1)c1cc(C)ccc1C. The van der Waals surface area contributed by atoms with Gasteiger partial charge in [0.2, 0.25) is 5.91 Å². The Morgan fingerprint density at radius 1 is 1.16 bits per heavy atom. The summed E-state index contributed by atoms with van der Waals surface area (Å²) in [7, 11) is 0. The predicted molar refractivity (Wildman–Crippen MR) is 122 cm³/mol. The van der Waals surface area contributed by atoms with E-state index in [1.165, 1.54) is 4.90 Å². The van der Waals surface area contributed by atoms with E-state index in [-0.39, 0.29) is 17.5 Å². The highest BCUT2D eigenvalue weighted by atomic mass is 32.1. The quantitative estimate of drug-likeness (QED) is 0.597. The highest BCUT2D eigenvalue weighted by Gasteiger charge is 2.36. The molecule has 0 bridgehead atoms. The molecule has 8 heteroatoms. The molecular formula is C23H27N5O2S. The van der Waals surface area contributed by atoms with E-state index in [2.05, 4.69) is 19.9 Å². The number of carbonyl (C=O) groups is 2. The molecule has 0 aliphatic heterocycles. The minimum absolute atomic E-state index is 0.201. The van der Waals surface area contributed by atoms with Gasteiger partial charge in [0.15, 0.2) is 5.69 Å². The van der Waals surface area contributed by atoms with Crippen molar-refractivity contribution in [2.45, 2.75) is 52.6 Å². The van der Waals surface area contributed by atoms with Crippen LogP contribution in [0.1, 0.15) is 60.4 Å². The minimum atomic E-state index is -0.900. The van der Waals surface area contributed by atoms with Gasteiger partial charge >= 0.3 is 0 Å². The molecule has 2 aromatic heterocycles. The molecule has 3 rings (SSSR count). The molecule has 0 aliphatic rings. The lowest BCUT2D eigenvalue weighted by molar-refractivity contribution is -0.124. The molecule has 162 valence electrons. The fourth-order valence-corrected chi connectivity index (χ4v) is 3.61. The molecular weight excluding hydrogens is 410 g/mol. The van der Waals surface area contributed by atoms with Crippen molar-refractivity contribution in [3.63, 3.8) is 0 Å². The van der Waals surface area contributed by atoms with Crippen molar-refractivity contribution in [2.75, 3.05) is 4.90 Å². The van der Waals surface area contributed by atoms with Crippen molar-refractivity contribution in [1.82, 2.24) is 19.9 Å². The highest BCUT2D eigenvalue weighted by molar-refractivity contribution is 7.03. The van der Waals surface area contributed by atoms with Gasteiger partial charge in [0.05, 0.1) is 0 Å². The van der Waals surface area contributed by atoms with Gasteiger partial charge in [-0.05, 0) is 80.5 Å². The van der Waals surface area contributed by atoms with Crippen LogP contribution in [0.2, 0.25) is 0 Å². The Labute approximate surface area is 186 Å². The van der Waals surface area contributed by atoms with Crippen LogP contribution < -0.4 is 10.2 Å². The summed E-state index contributed by atoms with van der Waals surface area (Å²) < 4.78 is 3.84. The second kappa shape index (κ2) is 9.34. The fraction of sp³-hybridized carbons (Fsp3) is 0.348. The zero-order valence-electron chi connectivity index (χ0n) is 18.4. The number of nitrogens with one attached hydrogen (secondary N) is 1. The Balaban J connectivity index is 2.20. The number of carbonyl (C=O) groups excluding carboxylic acids is 2. The van der Waals surface area contributed by atoms with Gasteiger partial charge in [-0.15, -0.1) is 5.10 Å². The minimum Gasteiger partial charge on any atom is -0.349 e. The summed E-state index contributed by atoms with van der Waals surface area (Å²) in [5.41, 5.74) is 2.95. The molecule has 0 radical (unpaired) electrons. The van der Waals surface area contributed by atoms with Crippen LogP contribution in [0.15, 0.2) is 48.1 Å². The van der Waals surface area contributed by atoms with Gasteiger partial charge in [0.25, 0.3) is 5.91 Å². The van der Waals surface area contributed by atoms with E-state index < -0.39 is 11.6 Å². The van der Waals surface area contributed by atoms with Crippen molar-refractivity contribution in [3.05, 3.63) is 70.5 Å². The summed E-state index contributed by atoms with van der Waals surface area (Å²) in [5.74, 6) is -0.649. The molecule has 0 fully saturated rings. The van der Waals surface area contributed by atoms with Gasteiger partial charge in [-0.1, -0.05) is 23.5 Å². The third-order valence-electron chi connectivity index (χ3n) is 5.30. The summed E-state index contributed by atoms with van der Waals surface area (Å²) in [6.07, 6.45) is 3.99. The second-order valence-electron chi connectivity index (χ2n) is 8.17. The molecule has 0 spiro atoms. The van der Waals surface area contributed by atoms with Gasteiger partial charge < -0.3 is 5.32 Å². The van der Waals surface area contributed by atoms with Crippen molar-refractivity contribution < 1.29 is 9.59 Å². The van der Waals surface area contributed by atoms with Gasteiger partial charge in [-0.2, -0.15) is 0 Å². The van der Waals surface area contributed by atoms with Crippen molar-refractivity contribution in [3.8, 4) is 0 Å². The summed E-state index contributed by atoms with van der Waals surface area (Å²) in [6, 6.07) is 8.46. The largest absolute Gasteiger partial charge is 0.349 e. The first-order chi connectivity index (χ1) is 14.7.